The molecule has 0 spiro atoms. The smallest absolute Gasteiger partial charge is 0.306 e. The second-order valence-corrected chi connectivity index (χ2v) is 21.6. The molecule has 0 aliphatic rings. The standard InChI is InChI=1S/C73H122O6/c1-4-7-10-13-16-19-22-25-28-30-32-34-35-36-37-39-40-42-45-48-51-54-57-60-63-66-72(75)78-69-70(68-77-71(74)65-62-59-56-53-50-47-44-27-24-21-18-15-12-9-6-3)79-73(76)67-64-61-58-55-52-49-46-43-41-38-33-31-29-26-23-20-17-14-11-8-5-2/h8-9,11-12,17-18,20-21,26-27,29,33,38,43-44,46,50,52-53,55,70H,4-7,10,13-16,19,22-25,28,30-32,34-37,39-42,45,47-49,51,54,56-69H2,1-3H3/b11-8-,12-9-,20-17-,21-18-,29-26-,38-33-,44-27-,46-43-,53-50-,55-52-. The number of allylic oxidation sites excluding steroid dienone is 20. The number of carbonyl (C=O) groups is 3. The second-order valence-electron chi connectivity index (χ2n) is 21.6. The third-order valence-electron chi connectivity index (χ3n) is 14.0. The molecule has 0 heterocycles. The van der Waals surface area contributed by atoms with Crippen LogP contribution in [0.4, 0.5) is 0 Å². The molecule has 0 aromatic carbocycles. The maximum Gasteiger partial charge on any atom is 0.306 e. The van der Waals surface area contributed by atoms with Crippen molar-refractivity contribution in [2.75, 3.05) is 13.2 Å². The summed E-state index contributed by atoms with van der Waals surface area (Å²) in [4.78, 5) is 38.3. The third kappa shape index (κ3) is 64.5. The molecule has 0 saturated carbocycles. The van der Waals surface area contributed by atoms with Gasteiger partial charge >= 0.3 is 17.9 Å². The van der Waals surface area contributed by atoms with Gasteiger partial charge in [0.2, 0.25) is 0 Å². The summed E-state index contributed by atoms with van der Waals surface area (Å²) < 4.78 is 16.9. The first kappa shape index (κ1) is 74.8. The summed E-state index contributed by atoms with van der Waals surface area (Å²) >= 11 is 0. The van der Waals surface area contributed by atoms with Gasteiger partial charge in [0.1, 0.15) is 13.2 Å². The lowest BCUT2D eigenvalue weighted by Crippen LogP contribution is -2.30. The van der Waals surface area contributed by atoms with Gasteiger partial charge in [-0.1, -0.05) is 296 Å². The van der Waals surface area contributed by atoms with Crippen LogP contribution in [0.2, 0.25) is 0 Å². The van der Waals surface area contributed by atoms with E-state index >= 15 is 0 Å². The summed E-state index contributed by atoms with van der Waals surface area (Å²) in [5, 5.41) is 0. The van der Waals surface area contributed by atoms with Crippen LogP contribution in [0.5, 0.6) is 0 Å². The summed E-state index contributed by atoms with van der Waals surface area (Å²) in [6, 6.07) is 0. The number of hydrogen-bond acceptors (Lipinski definition) is 6. The van der Waals surface area contributed by atoms with Crippen LogP contribution in [-0.2, 0) is 28.6 Å². The molecule has 450 valence electrons. The Balaban J connectivity index is 4.42. The predicted molar refractivity (Wildman–Crippen MR) is 343 cm³/mol. The van der Waals surface area contributed by atoms with E-state index in [0.29, 0.717) is 25.7 Å². The van der Waals surface area contributed by atoms with E-state index < -0.39 is 6.10 Å². The second kappa shape index (κ2) is 66.3. The Morgan fingerprint density at radius 2 is 0.494 bits per heavy atom. The molecule has 0 N–H and O–H groups in total. The number of ether oxygens (including phenoxy) is 3. The van der Waals surface area contributed by atoms with E-state index in [0.717, 1.165) is 109 Å². The van der Waals surface area contributed by atoms with E-state index in [9.17, 15) is 14.4 Å². The Hall–Kier alpha value is -4.19. The van der Waals surface area contributed by atoms with Crippen LogP contribution in [0.1, 0.15) is 303 Å². The van der Waals surface area contributed by atoms with Gasteiger partial charge in [0.15, 0.2) is 6.10 Å². The normalized spacial score (nSPS) is 12.9. The number of unbranched alkanes of at least 4 members (excludes halogenated alkanes) is 28. The average molecular weight is 1100 g/mol. The van der Waals surface area contributed by atoms with E-state index in [1.54, 1.807) is 0 Å². The predicted octanol–water partition coefficient (Wildman–Crippen LogP) is 22.8. The first-order valence-corrected chi connectivity index (χ1v) is 33.0. The van der Waals surface area contributed by atoms with E-state index in [1.807, 2.05) is 0 Å². The van der Waals surface area contributed by atoms with Crippen molar-refractivity contribution < 1.29 is 28.6 Å². The fourth-order valence-electron chi connectivity index (χ4n) is 9.09. The van der Waals surface area contributed by atoms with Gasteiger partial charge in [-0.05, 0) is 109 Å². The molecule has 0 fully saturated rings. The lowest BCUT2D eigenvalue weighted by molar-refractivity contribution is -0.167. The van der Waals surface area contributed by atoms with E-state index in [4.69, 9.17) is 14.2 Å². The summed E-state index contributed by atoms with van der Waals surface area (Å²) in [6.45, 7) is 6.37. The zero-order valence-electron chi connectivity index (χ0n) is 51.6. The summed E-state index contributed by atoms with van der Waals surface area (Å²) in [6.07, 6.45) is 92.3. The van der Waals surface area contributed by atoms with Crippen molar-refractivity contribution in [3.8, 4) is 0 Å². The molecule has 0 radical (unpaired) electrons. The largest absolute Gasteiger partial charge is 0.462 e. The Bertz CT molecular complexity index is 1640. The van der Waals surface area contributed by atoms with Crippen LogP contribution in [0.15, 0.2) is 122 Å². The number of esters is 3. The summed E-state index contributed by atoms with van der Waals surface area (Å²) in [5.74, 6) is -0.990. The highest BCUT2D eigenvalue weighted by atomic mass is 16.6. The first-order chi connectivity index (χ1) is 39.0. The van der Waals surface area contributed by atoms with E-state index in [1.165, 1.54) is 141 Å². The van der Waals surface area contributed by atoms with Gasteiger partial charge in [-0.2, -0.15) is 0 Å². The van der Waals surface area contributed by atoms with Crippen LogP contribution < -0.4 is 0 Å². The lowest BCUT2D eigenvalue weighted by atomic mass is 10.0. The highest BCUT2D eigenvalue weighted by molar-refractivity contribution is 5.71. The first-order valence-electron chi connectivity index (χ1n) is 33.0. The molecule has 0 amide bonds. The van der Waals surface area contributed by atoms with Gasteiger partial charge in [-0.25, -0.2) is 0 Å². The monoisotopic (exact) mass is 1090 g/mol. The molecule has 6 heteroatoms. The minimum Gasteiger partial charge on any atom is -0.462 e. The van der Waals surface area contributed by atoms with E-state index in [-0.39, 0.29) is 37.5 Å². The quantitative estimate of drug-likeness (QED) is 0.0261. The molecular formula is C73H122O6. The molecule has 0 aliphatic heterocycles. The third-order valence-corrected chi connectivity index (χ3v) is 14.0. The van der Waals surface area contributed by atoms with Crippen molar-refractivity contribution in [2.24, 2.45) is 0 Å². The number of carbonyl (C=O) groups excluding carboxylic acids is 3. The molecule has 0 saturated heterocycles. The van der Waals surface area contributed by atoms with E-state index in [2.05, 4.69) is 142 Å². The SMILES string of the molecule is CC/C=C\C/C=C\C/C=C\C/C=C\C/C=C\C/C=C\CCCCC(=O)OC(COC(=O)CCCC/C=C\C/C=C\C/C=C\C/C=C\CC)COC(=O)CCCCCCCCCCCCCCCCCCCCCCCCCCC. The lowest BCUT2D eigenvalue weighted by Gasteiger charge is -2.18. The minimum absolute atomic E-state index is 0.109. The summed E-state index contributed by atoms with van der Waals surface area (Å²) in [7, 11) is 0. The fourth-order valence-corrected chi connectivity index (χ4v) is 9.09. The van der Waals surface area contributed by atoms with Crippen LogP contribution in [0.25, 0.3) is 0 Å². The maximum atomic E-state index is 12.9. The van der Waals surface area contributed by atoms with Gasteiger partial charge in [0.05, 0.1) is 0 Å². The number of hydrogen-bond donors (Lipinski definition) is 0. The van der Waals surface area contributed by atoms with Gasteiger partial charge in [-0.15, -0.1) is 0 Å². The Labute approximate surface area is 488 Å². The Morgan fingerprint density at radius 1 is 0.266 bits per heavy atom. The van der Waals surface area contributed by atoms with Gasteiger partial charge in [0.25, 0.3) is 0 Å². The van der Waals surface area contributed by atoms with Crippen LogP contribution in [0, 0.1) is 0 Å². The van der Waals surface area contributed by atoms with Gasteiger partial charge in [0, 0.05) is 19.3 Å². The van der Waals surface area contributed by atoms with Crippen LogP contribution in [-0.4, -0.2) is 37.2 Å². The molecular weight excluding hydrogens is 973 g/mol. The Kier molecular flexibility index (Phi) is 62.8. The van der Waals surface area contributed by atoms with Crippen molar-refractivity contribution in [3.63, 3.8) is 0 Å². The fraction of sp³-hybridized carbons (Fsp3) is 0.685. The molecule has 0 aromatic rings. The zero-order valence-corrected chi connectivity index (χ0v) is 51.6. The molecule has 0 bridgehead atoms. The highest BCUT2D eigenvalue weighted by Crippen LogP contribution is 2.17. The molecule has 0 rings (SSSR count). The molecule has 0 aliphatic carbocycles. The topological polar surface area (TPSA) is 78.9 Å². The van der Waals surface area contributed by atoms with Crippen molar-refractivity contribution in [1.29, 1.82) is 0 Å². The van der Waals surface area contributed by atoms with Crippen molar-refractivity contribution in [1.82, 2.24) is 0 Å². The van der Waals surface area contributed by atoms with Crippen molar-refractivity contribution >= 4 is 17.9 Å². The number of rotatable bonds is 59. The average Bonchev–Trinajstić information content (AvgIpc) is 3.45. The maximum absolute atomic E-state index is 12.9. The molecule has 79 heavy (non-hydrogen) atoms. The molecule has 6 nitrogen and oxygen atoms in total. The van der Waals surface area contributed by atoms with Crippen molar-refractivity contribution in [3.05, 3.63) is 122 Å². The minimum atomic E-state index is -0.822. The Morgan fingerprint density at radius 3 is 0.772 bits per heavy atom. The molecule has 1 atom stereocenters. The van der Waals surface area contributed by atoms with Crippen LogP contribution in [0.3, 0.4) is 0 Å². The highest BCUT2D eigenvalue weighted by Gasteiger charge is 2.19. The van der Waals surface area contributed by atoms with Crippen LogP contribution >= 0.6 is 0 Å². The van der Waals surface area contributed by atoms with Crippen molar-refractivity contribution in [2.45, 2.75) is 309 Å². The molecule has 1 unspecified atom stereocenters. The molecule has 0 aromatic heterocycles. The van der Waals surface area contributed by atoms with Gasteiger partial charge < -0.3 is 14.2 Å². The van der Waals surface area contributed by atoms with Gasteiger partial charge in [-0.3, -0.25) is 14.4 Å². The zero-order chi connectivity index (χ0) is 57.1. The summed E-state index contributed by atoms with van der Waals surface area (Å²) in [5.41, 5.74) is 0.